The Bertz CT molecular complexity index is 435. The minimum absolute atomic E-state index is 0.0816. The summed E-state index contributed by atoms with van der Waals surface area (Å²) in [5.74, 6) is -1.56. The maximum Gasteiger partial charge on any atom is 0.311 e. The predicted octanol–water partition coefficient (Wildman–Crippen LogP) is 1.51. The van der Waals surface area contributed by atoms with Crippen LogP contribution in [0.4, 0.5) is 11.5 Å². The van der Waals surface area contributed by atoms with E-state index in [2.05, 4.69) is 10.3 Å². The maximum atomic E-state index is 10.8. The molecule has 0 saturated heterocycles. The summed E-state index contributed by atoms with van der Waals surface area (Å²) in [6.45, 7) is 3.16. The minimum atomic E-state index is -0.969. The van der Waals surface area contributed by atoms with Crippen molar-refractivity contribution in [2.75, 3.05) is 5.32 Å². The van der Waals surface area contributed by atoms with Gasteiger partial charge in [0, 0.05) is 18.3 Å². The lowest BCUT2D eigenvalue weighted by Crippen LogP contribution is -2.30. The molecule has 1 aromatic heterocycles. The van der Waals surface area contributed by atoms with Crippen molar-refractivity contribution < 1.29 is 14.8 Å². The third-order valence-corrected chi connectivity index (χ3v) is 2.49. The van der Waals surface area contributed by atoms with E-state index in [0.717, 1.165) is 0 Å². The normalized spacial score (nSPS) is 13.8. The highest BCUT2D eigenvalue weighted by Gasteiger charge is 2.22. The number of nitrogens with one attached hydrogen (secondary N) is 1. The lowest BCUT2D eigenvalue weighted by Gasteiger charge is -2.17. The Morgan fingerprint density at radius 2 is 2.24 bits per heavy atom. The summed E-state index contributed by atoms with van der Waals surface area (Å²) in [4.78, 5) is 24.7. The van der Waals surface area contributed by atoms with E-state index in [1.54, 1.807) is 6.92 Å². The zero-order chi connectivity index (χ0) is 13.0. The van der Waals surface area contributed by atoms with Gasteiger partial charge in [-0.15, -0.1) is 0 Å². The van der Waals surface area contributed by atoms with Gasteiger partial charge in [0.05, 0.1) is 10.8 Å². The number of hydrogen-bond acceptors (Lipinski definition) is 5. The van der Waals surface area contributed by atoms with Gasteiger partial charge >= 0.3 is 11.7 Å². The highest BCUT2D eigenvalue weighted by atomic mass is 16.6. The molecule has 0 saturated carbocycles. The van der Waals surface area contributed by atoms with Crippen LogP contribution in [0.1, 0.15) is 13.8 Å². The highest BCUT2D eigenvalue weighted by Crippen LogP contribution is 2.22. The van der Waals surface area contributed by atoms with Crippen LogP contribution < -0.4 is 5.32 Å². The quantitative estimate of drug-likeness (QED) is 0.596. The summed E-state index contributed by atoms with van der Waals surface area (Å²) in [5.41, 5.74) is -0.170. The summed E-state index contributed by atoms with van der Waals surface area (Å²) >= 11 is 0. The van der Waals surface area contributed by atoms with Crippen LogP contribution in [0, 0.1) is 16.0 Å². The first kappa shape index (κ1) is 12.9. The molecule has 1 rings (SSSR count). The molecule has 0 amide bonds. The molecule has 0 spiro atoms. The van der Waals surface area contributed by atoms with Gasteiger partial charge in [0.1, 0.15) is 0 Å². The molecule has 0 bridgehead atoms. The van der Waals surface area contributed by atoms with Crippen LogP contribution in [0.5, 0.6) is 0 Å². The average molecular weight is 239 g/mol. The van der Waals surface area contributed by atoms with E-state index in [1.165, 1.54) is 25.3 Å². The van der Waals surface area contributed by atoms with Gasteiger partial charge in [-0.1, -0.05) is 0 Å². The number of nitro groups is 1. The van der Waals surface area contributed by atoms with Crippen molar-refractivity contribution in [1.29, 1.82) is 0 Å². The smallest absolute Gasteiger partial charge is 0.311 e. The largest absolute Gasteiger partial charge is 0.481 e. The van der Waals surface area contributed by atoms with Crippen LogP contribution in [0.15, 0.2) is 18.3 Å². The van der Waals surface area contributed by atoms with E-state index >= 15 is 0 Å². The van der Waals surface area contributed by atoms with E-state index in [0.29, 0.717) is 0 Å². The van der Waals surface area contributed by atoms with Gasteiger partial charge in [0.25, 0.3) is 0 Å². The van der Waals surface area contributed by atoms with Gasteiger partial charge < -0.3 is 10.4 Å². The predicted molar refractivity (Wildman–Crippen MR) is 60.8 cm³/mol. The SMILES string of the molecule is CC(Nc1ncccc1[N+](=O)[O-])C(C)C(=O)O. The number of nitrogens with zero attached hydrogens (tertiary/aromatic N) is 2. The molecule has 0 fully saturated rings. The topological polar surface area (TPSA) is 105 Å². The Morgan fingerprint density at radius 3 is 2.76 bits per heavy atom. The molecule has 2 N–H and O–H groups in total. The van der Waals surface area contributed by atoms with Crippen LogP contribution in [0.3, 0.4) is 0 Å². The Morgan fingerprint density at radius 1 is 1.59 bits per heavy atom. The van der Waals surface area contributed by atoms with Crippen molar-refractivity contribution in [1.82, 2.24) is 4.98 Å². The van der Waals surface area contributed by atoms with Gasteiger partial charge in [0.2, 0.25) is 5.82 Å². The van der Waals surface area contributed by atoms with Gasteiger partial charge in [-0.2, -0.15) is 0 Å². The number of carboxylic acids is 1. The zero-order valence-corrected chi connectivity index (χ0v) is 9.45. The molecule has 0 aliphatic rings. The van der Waals surface area contributed by atoms with Crippen LogP contribution in [0.2, 0.25) is 0 Å². The van der Waals surface area contributed by atoms with Gasteiger partial charge in [0.15, 0.2) is 0 Å². The highest BCUT2D eigenvalue weighted by molar-refractivity contribution is 5.71. The number of carboxylic acid groups (broad SMARTS) is 1. The Labute approximate surface area is 97.6 Å². The van der Waals surface area contributed by atoms with Crippen molar-refractivity contribution in [2.24, 2.45) is 5.92 Å². The van der Waals surface area contributed by atoms with Crippen LogP contribution >= 0.6 is 0 Å². The third kappa shape index (κ3) is 3.13. The number of aromatic nitrogens is 1. The molecule has 2 unspecified atom stereocenters. The number of aliphatic carboxylic acids is 1. The van der Waals surface area contributed by atoms with Crippen LogP contribution in [-0.4, -0.2) is 27.0 Å². The van der Waals surface area contributed by atoms with E-state index in [4.69, 9.17) is 5.11 Å². The standard InChI is InChI=1S/C10H13N3O4/c1-6(10(14)15)7(2)12-9-8(13(16)17)4-3-5-11-9/h3-7H,1-2H3,(H,11,12)(H,14,15). The first-order valence-electron chi connectivity index (χ1n) is 5.02. The molecule has 0 aromatic carbocycles. The Hall–Kier alpha value is -2.18. The first-order chi connectivity index (χ1) is 7.93. The fraction of sp³-hybridized carbons (Fsp3) is 0.400. The second kappa shape index (κ2) is 5.24. The van der Waals surface area contributed by atoms with E-state index < -0.39 is 22.9 Å². The monoisotopic (exact) mass is 239 g/mol. The summed E-state index contributed by atoms with van der Waals surface area (Å²) in [5, 5.41) is 22.3. The summed E-state index contributed by atoms with van der Waals surface area (Å²) < 4.78 is 0. The molecule has 1 aromatic rings. The molecule has 1 heterocycles. The maximum absolute atomic E-state index is 10.8. The van der Waals surface area contributed by atoms with Crippen molar-refractivity contribution in [3.63, 3.8) is 0 Å². The molecular formula is C10H13N3O4. The Kier molecular flexibility index (Phi) is 3.97. The number of carbonyl (C=O) groups is 1. The second-order valence-electron chi connectivity index (χ2n) is 3.69. The van der Waals surface area contributed by atoms with Gasteiger partial charge in [-0.05, 0) is 19.9 Å². The van der Waals surface area contributed by atoms with E-state index in [-0.39, 0.29) is 11.5 Å². The van der Waals surface area contributed by atoms with Crippen molar-refractivity contribution in [2.45, 2.75) is 19.9 Å². The number of pyridine rings is 1. The molecular weight excluding hydrogens is 226 g/mol. The Balaban J connectivity index is 2.88. The number of rotatable bonds is 5. The molecule has 7 heteroatoms. The van der Waals surface area contributed by atoms with Crippen LogP contribution in [-0.2, 0) is 4.79 Å². The van der Waals surface area contributed by atoms with E-state index in [9.17, 15) is 14.9 Å². The zero-order valence-electron chi connectivity index (χ0n) is 9.45. The lowest BCUT2D eigenvalue weighted by molar-refractivity contribution is -0.384. The number of hydrogen-bond donors (Lipinski definition) is 2. The molecule has 17 heavy (non-hydrogen) atoms. The fourth-order valence-electron chi connectivity index (χ4n) is 1.21. The van der Waals surface area contributed by atoms with Crippen molar-refractivity contribution in [3.8, 4) is 0 Å². The number of anilines is 1. The first-order valence-corrected chi connectivity index (χ1v) is 5.02. The van der Waals surface area contributed by atoms with Gasteiger partial charge in [-0.25, -0.2) is 4.98 Å². The van der Waals surface area contributed by atoms with Gasteiger partial charge in [-0.3, -0.25) is 14.9 Å². The van der Waals surface area contributed by atoms with Crippen molar-refractivity contribution in [3.05, 3.63) is 28.4 Å². The fourth-order valence-corrected chi connectivity index (χ4v) is 1.21. The minimum Gasteiger partial charge on any atom is -0.481 e. The average Bonchev–Trinajstić information content (AvgIpc) is 2.28. The molecule has 0 aliphatic heterocycles. The van der Waals surface area contributed by atoms with E-state index in [1.807, 2.05) is 0 Å². The molecule has 0 aliphatic carbocycles. The summed E-state index contributed by atoms with van der Waals surface area (Å²) in [6.07, 6.45) is 1.41. The second-order valence-corrected chi connectivity index (χ2v) is 3.69. The molecule has 92 valence electrons. The third-order valence-electron chi connectivity index (χ3n) is 2.49. The molecule has 7 nitrogen and oxygen atoms in total. The van der Waals surface area contributed by atoms with Crippen LogP contribution in [0.25, 0.3) is 0 Å². The molecule has 2 atom stereocenters. The summed E-state index contributed by atoms with van der Waals surface area (Å²) in [6, 6.07) is 2.31. The molecule has 0 radical (unpaired) electrons. The van der Waals surface area contributed by atoms with Crippen molar-refractivity contribution >= 4 is 17.5 Å². The summed E-state index contributed by atoms with van der Waals surface area (Å²) in [7, 11) is 0. The lowest BCUT2D eigenvalue weighted by atomic mass is 10.0.